The first kappa shape index (κ1) is 10.8. The molecule has 0 aliphatic carbocycles. The summed E-state index contributed by atoms with van der Waals surface area (Å²) in [4.78, 5) is 2.73. The molecule has 3 heteroatoms. The first-order valence-corrected chi connectivity index (χ1v) is 2.80. The summed E-state index contributed by atoms with van der Waals surface area (Å²) in [6.45, 7) is 4.39. The van der Waals surface area contributed by atoms with Crippen LogP contribution in [-0.2, 0) is 0 Å². The first-order chi connectivity index (χ1) is 4.33. The van der Waals surface area contributed by atoms with E-state index in [4.69, 9.17) is 12.0 Å². The fourth-order valence-corrected chi connectivity index (χ4v) is 0.0707. The molecule has 3 nitrogen and oxygen atoms in total. The van der Waals surface area contributed by atoms with Crippen molar-refractivity contribution in [2.45, 2.75) is 20.3 Å². The molecule has 9 heavy (non-hydrogen) atoms. The molecular weight excluding hydrogens is 114 g/mol. The van der Waals surface area contributed by atoms with E-state index in [0.29, 0.717) is 6.54 Å². The van der Waals surface area contributed by atoms with Crippen LogP contribution in [0.25, 0.3) is 0 Å². The van der Waals surface area contributed by atoms with E-state index in [1.54, 1.807) is 0 Å². The van der Waals surface area contributed by atoms with Gasteiger partial charge in [-0.05, 0) is 6.92 Å². The van der Waals surface area contributed by atoms with E-state index in [1.165, 1.54) is 0 Å². The molecule has 0 aliphatic heterocycles. The van der Waals surface area contributed by atoms with Crippen LogP contribution in [0.15, 0.2) is 5.11 Å². The van der Waals surface area contributed by atoms with Crippen LogP contribution >= 0.6 is 0 Å². The number of nitrogens with one attached hydrogen (secondary N) is 1. The van der Waals surface area contributed by atoms with E-state index in [2.05, 4.69) is 15.9 Å². The van der Waals surface area contributed by atoms with E-state index in [-0.39, 0.29) is 0 Å². The Bertz CT molecular complexity index is 117. The molecule has 0 heterocycles. The Morgan fingerprint density at radius 2 is 2.11 bits per heavy atom. The van der Waals surface area contributed by atoms with E-state index in [1.807, 2.05) is 13.8 Å². The van der Waals surface area contributed by atoms with Crippen LogP contribution in [0.4, 0.5) is 0 Å². The van der Waals surface area contributed by atoms with Gasteiger partial charge in [-0.15, -0.1) is 12.3 Å². The highest BCUT2D eigenvalue weighted by Gasteiger charge is 1.65. The number of rotatable bonds is 1. The Kier molecular flexibility index (Phi) is 18.9. The summed E-state index contributed by atoms with van der Waals surface area (Å²) in [5, 5.41) is 3.26. The minimum atomic E-state index is 0.615. The van der Waals surface area contributed by atoms with Crippen molar-refractivity contribution in [3.8, 4) is 12.3 Å². The topological polar surface area (TPSA) is 50.3 Å². The zero-order valence-electron chi connectivity index (χ0n) is 5.89. The SMILES string of the molecule is C#CCC.CCN=[N+]=N. The Morgan fingerprint density at radius 3 is 2.11 bits per heavy atom. The van der Waals surface area contributed by atoms with Crippen LogP contribution in [0, 0.1) is 17.9 Å². The van der Waals surface area contributed by atoms with E-state index >= 15 is 0 Å². The lowest BCUT2D eigenvalue weighted by atomic mass is 10.5. The monoisotopic (exact) mass is 126 g/mol. The summed E-state index contributed by atoms with van der Waals surface area (Å²) in [5.41, 5.74) is 6.06. The van der Waals surface area contributed by atoms with Gasteiger partial charge in [-0.2, -0.15) is 0 Å². The van der Waals surface area contributed by atoms with Crippen LogP contribution in [0.5, 0.6) is 0 Å². The molecule has 0 aromatic heterocycles. The lowest BCUT2D eigenvalue weighted by molar-refractivity contribution is 0.887. The van der Waals surface area contributed by atoms with Gasteiger partial charge in [-0.3, -0.25) is 0 Å². The van der Waals surface area contributed by atoms with Gasteiger partial charge in [-0.1, -0.05) is 6.92 Å². The number of nitrogens with zero attached hydrogens (tertiary/aromatic N) is 2. The third-order valence-electron chi connectivity index (χ3n) is 0.416. The summed E-state index contributed by atoms with van der Waals surface area (Å²) in [7, 11) is 0. The van der Waals surface area contributed by atoms with Crippen molar-refractivity contribution in [2.24, 2.45) is 5.11 Å². The Balaban J connectivity index is 0. The van der Waals surface area contributed by atoms with Crippen LogP contribution in [0.1, 0.15) is 20.3 Å². The van der Waals surface area contributed by atoms with Crippen LogP contribution in [0.3, 0.4) is 0 Å². The molecule has 0 radical (unpaired) electrons. The maximum atomic E-state index is 6.06. The largest absolute Gasteiger partial charge is 0.214 e. The molecule has 0 rings (SSSR count). The Morgan fingerprint density at radius 1 is 1.67 bits per heavy atom. The molecule has 50 valence electrons. The van der Waals surface area contributed by atoms with Gasteiger partial charge < -0.3 is 0 Å². The maximum Gasteiger partial charge on any atom is 0.214 e. The summed E-state index contributed by atoms with van der Waals surface area (Å²) >= 11 is 0. The zero-order valence-corrected chi connectivity index (χ0v) is 5.89. The molecule has 0 saturated carbocycles. The van der Waals surface area contributed by atoms with Crippen molar-refractivity contribution in [3.05, 3.63) is 0 Å². The number of terminal acetylenes is 1. The average molecular weight is 126 g/mol. The Hall–Kier alpha value is -1.13. The van der Waals surface area contributed by atoms with E-state index in [0.717, 1.165) is 6.42 Å². The van der Waals surface area contributed by atoms with Crippen molar-refractivity contribution in [1.82, 2.24) is 4.91 Å². The molecule has 1 N–H and O–H groups in total. The van der Waals surface area contributed by atoms with Gasteiger partial charge in [0.1, 0.15) is 17.2 Å². The van der Waals surface area contributed by atoms with Crippen molar-refractivity contribution in [1.29, 1.82) is 5.53 Å². The quantitative estimate of drug-likeness (QED) is 0.315. The van der Waals surface area contributed by atoms with Crippen molar-refractivity contribution in [2.75, 3.05) is 6.54 Å². The number of hydrogen-bond donors (Lipinski definition) is 1. The Labute approximate surface area is 55.7 Å². The smallest absolute Gasteiger partial charge is 0.120 e. The maximum absolute atomic E-state index is 6.06. The second kappa shape index (κ2) is 15.8. The normalized spacial score (nSPS) is 5.44. The molecule has 0 atom stereocenters. The van der Waals surface area contributed by atoms with Gasteiger partial charge in [0, 0.05) is 6.42 Å². The van der Waals surface area contributed by atoms with Gasteiger partial charge in [0.15, 0.2) is 0 Å². The highest BCUT2D eigenvalue weighted by molar-refractivity contribution is 4.80. The highest BCUT2D eigenvalue weighted by atomic mass is 15.1. The van der Waals surface area contributed by atoms with Gasteiger partial charge in [0.25, 0.3) is 0 Å². The molecule has 0 aliphatic rings. The molecule has 0 amide bonds. The summed E-state index contributed by atoms with van der Waals surface area (Å²) in [5.74, 6) is 2.43. The van der Waals surface area contributed by atoms with Gasteiger partial charge >= 0.3 is 0 Å². The molecule has 0 spiro atoms. The van der Waals surface area contributed by atoms with Crippen LogP contribution < -0.4 is 4.91 Å². The molecule has 0 aromatic rings. The first-order valence-electron chi connectivity index (χ1n) is 2.80. The van der Waals surface area contributed by atoms with E-state index < -0.39 is 0 Å². The fourth-order valence-electron chi connectivity index (χ4n) is 0.0707. The molecular formula is C6H12N3+. The second-order valence-electron chi connectivity index (χ2n) is 1.12. The number of hydrogen-bond acceptors (Lipinski definition) is 2. The van der Waals surface area contributed by atoms with Crippen molar-refractivity contribution in [3.63, 3.8) is 0 Å². The summed E-state index contributed by atoms with van der Waals surface area (Å²) in [6, 6.07) is 0. The average Bonchev–Trinajstić information content (AvgIpc) is 1.91. The molecule has 0 unspecified atom stereocenters. The molecule has 0 aromatic carbocycles. The highest BCUT2D eigenvalue weighted by Crippen LogP contribution is 1.58. The van der Waals surface area contributed by atoms with Crippen molar-refractivity contribution >= 4 is 0 Å². The fraction of sp³-hybridized carbons (Fsp3) is 0.667. The molecule has 0 fully saturated rings. The minimum Gasteiger partial charge on any atom is -0.120 e. The predicted octanol–water partition coefficient (Wildman–Crippen LogP) is 1.59. The van der Waals surface area contributed by atoms with Gasteiger partial charge in [-0.25, -0.2) is 0 Å². The van der Waals surface area contributed by atoms with E-state index in [9.17, 15) is 0 Å². The predicted molar refractivity (Wildman–Crippen MR) is 36.9 cm³/mol. The molecule has 0 saturated heterocycles. The zero-order chi connectivity index (χ0) is 7.54. The molecule has 0 bridgehead atoms. The van der Waals surface area contributed by atoms with Crippen LogP contribution in [-0.4, -0.2) is 6.54 Å². The van der Waals surface area contributed by atoms with Gasteiger partial charge in [0.2, 0.25) is 4.91 Å². The third-order valence-corrected chi connectivity index (χ3v) is 0.416. The summed E-state index contributed by atoms with van der Waals surface area (Å²) in [6.07, 6.45) is 5.62. The summed E-state index contributed by atoms with van der Waals surface area (Å²) < 4.78 is 0. The lowest BCUT2D eigenvalue weighted by Gasteiger charge is -1.52. The minimum absolute atomic E-state index is 0.615. The van der Waals surface area contributed by atoms with Crippen molar-refractivity contribution < 1.29 is 0 Å². The van der Waals surface area contributed by atoms with Gasteiger partial charge in [0.05, 0.1) is 0 Å². The standard InChI is InChI=1S/C4H6.C2H6N3/c1-3-4-2;1-2-4-5-3/h1H,4H2,2H3;3H,2H2,1H3/q;+1. The lowest BCUT2D eigenvalue weighted by Crippen LogP contribution is -1.61. The third kappa shape index (κ3) is 46.6. The second-order valence-corrected chi connectivity index (χ2v) is 1.12. The van der Waals surface area contributed by atoms with Crippen LogP contribution in [0.2, 0.25) is 0 Å².